The van der Waals surface area contributed by atoms with Gasteiger partial charge in [0.2, 0.25) is 0 Å². The van der Waals surface area contributed by atoms with Gasteiger partial charge in [0.15, 0.2) is 0 Å². The van der Waals surface area contributed by atoms with Crippen molar-refractivity contribution in [1.82, 2.24) is 0 Å². The number of hydrogen-bond donors (Lipinski definition) is 1. The summed E-state index contributed by atoms with van der Waals surface area (Å²) in [6.07, 6.45) is 0. The van der Waals surface area contributed by atoms with Crippen LogP contribution in [0.4, 0.5) is 17.1 Å². The molecule has 1 aliphatic heterocycles. The highest BCUT2D eigenvalue weighted by Gasteiger charge is 2.41. The number of carbonyl (C=O) groups excluding carboxylic acids is 2. The second-order valence-electron chi connectivity index (χ2n) is 7.92. The summed E-state index contributed by atoms with van der Waals surface area (Å²) in [7, 11) is 5.49. The molecule has 0 bridgehead atoms. The van der Waals surface area contributed by atoms with Crippen LogP contribution in [0.1, 0.15) is 11.1 Å². The molecule has 0 fully saturated rings. The number of ether oxygens (including phenoxy) is 1. The molecule has 0 unspecified atom stereocenters. The number of halogens is 1. The summed E-state index contributed by atoms with van der Waals surface area (Å²) in [6.45, 7) is 1.84. The zero-order valence-corrected chi connectivity index (χ0v) is 19.6. The van der Waals surface area contributed by atoms with Gasteiger partial charge in [-0.05, 0) is 66.6 Å². The first-order chi connectivity index (χ1) is 15.8. The fourth-order valence-corrected chi connectivity index (χ4v) is 3.87. The Morgan fingerprint density at radius 2 is 1.58 bits per heavy atom. The van der Waals surface area contributed by atoms with Crippen LogP contribution >= 0.6 is 11.6 Å². The molecule has 168 valence electrons. The first-order valence-corrected chi connectivity index (χ1v) is 10.8. The van der Waals surface area contributed by atoms with Crippen LogP contribution in [0.3, 0.4) is 0 Å². The Labute approximate surface area is 198 Å². The first-order valence-electron chi connectivity index (χ1n) is 10.4. The number of carbonyl (C=O) groups is 2. The van der Waals surface area contributed by atoms with Crippen molar-refractivity contribution in [2.45, 2.75) is 6.92 Å². The van der Waals surface area contributed by atoms with Crippen molar-refractivity contribution in [2.24, 2.45) is 0 Å². The summed E-state index contributed by atoms with van der Waals surface area (Å²) in [5, 5.41) is 3.63. The van der Waals surface area contributed by atoms with E-state index < -0.39 is 11.8 Å². The quantitative estimate of drug-likeness (QED) is 0.516. The van der Waals surface area contributed by atoms with E-state index in [1.54, 1.807) is 49.6 Å². The molecule has 6 nitrogen and oxygen atoms in total. The molecule has 1 N–H and O–H groups in total. The number of methoxy groups -OCH3 is 1. The van der Waals surface area contributed by atoms with Gasteiger partial charge in [-0.3, -0.25) is 9.59 Å². The smallest absolute Gasteiger partial charge is 0.282 e. The number of hydrogen-bond acceptors (Lipinski definition) is 5. The Kier molecular flexibility index (Phi) is 6.11. The minimum absolute atomic E-state index is 0.210. The zero-order chi connectivity index (χ0) is 23.7. The predicted molar refractivity (Wildman–Crippen MR) is 133 cm³/mol. The van der Waals surface area contributed by atoms with Gasteiger partial charge in [0, 0.05) is 30.5 Å². The molecule has 0 saturated heterocycles. The SMILES string of the molecule is COc1ccc(C2=C(Nc3ccc(N(C)C)cc3)C(=O)N(c3cc(Cl)ccc3C)C2=O)cc1. The minimum atomic E-state index is -0.437. The average molecular weight is 462 g/mol. The molecule has 0 aliphatic carbocycles. The standard InChI is InChI=1S/C26H24ClN3O3/c1-16-5-8-18(27)15-22(16)30-25(31)23(17-6-13-21(33-4)14-7-17)24(26(30)32)28-19-9-11-20(12-10-19)29(2)3/h5-15,28H,1-4H3. The summed E-state index contributed by atoms with van der Waals surface area (Å²) in [5.74, 6) is -0.191. The van der Waals surface area contributed by atoms with Gasteiger partial charge in [0.05, 0.1) is 18.4 Å². The second-order valence-corrected chi connectivity index (χ2v) is 8.36. The number of nitrogens with one attached hydrogen (secondary N) is 1. The van der Waals surface area contributed by atoms with E-state index in [2.05, 4.69) is 5.32 Å². The molecule has 3 aromatic carbocycles. The molecule has 1 aliphatic rings. The summed E-state index contributed by atoms with van der Waals surface area (Å²) in [6, 6.07) is 19.8. The highest BCUT2D eigenvalue weighted by molar-refractivity contribution is 6.46. The van der Waals surface area contributed by atoms with E-state index >= 15 is 0 Å². The number of benzene rings is 3. The Bertz CT molecular complexity index is 1250. The molecule has 0 spiro atoms. The van der Waals surface area contributed by atoms with Gasteiger partial charge < -0.3 is 15.0 Å². The number of nitrogens with zero attached hydrogens (tertiary/aromatic N) is 2. The van der Waals surface area contributed by atoms with E-state index in [9.17, 15) is 9.59 Å². The van der Waals surface area contributed by atoms with E-state index in [1.807, 2.05) is 50.2 Å². The van der Waals surface area contributed by atoms with Crippen LogP contribution in [0.2, 0.25) is 5.02 Å². The number of aryl methyl sites for hydroxylation is 1. The van der Waals surface area contributed by atoms with Gasteiger partial charge in [-0.2, -0.15) is 0 Å². The maximum Gasteiger partial charge on any atom is 0.282 e. The molecule has 4 rings (SSSR count). The molecule has 0 atom stereocenters. The highest BCUT2D eigenvalue weighted by Crippen LogP contribution is 2.36. The topological polar surface area (TPSA) is 61.9 Å². The van der Waals surface area contributed by atoms with Crippen molar-refractivity contribution in [1.29, 1.82) is 0 Å². The summed E-state index contributed by atoms with van der Waals surface area (Å²) in [4.78, 5) is 30.3. The van der Waals surface area contributed by atoms with Crippen molar-refractivity contribution in [3.63, 3.8) is 0 Å². The van der Waals surface area contributed by atoms with Crippen molar-refractivity contribution < 1.29 is 14.3 Å². The normalized spacial score (nSPS) is 13.5. The van der Waals surface area contributed by atoms with E-state index in [0.29, 0.717) is 33.3 Å². The lowest BCUT2D eigenvalue weighted by molar-refractivity contribution is -0.120. The van der Waals surface area contributed by atoms with E-state index in [1.165, 1.54) is 4.90 Å². The van der Waals surface area contributed by atoms with Crippen molar-refractivity contribution in [2.75, 3.05) is 36.3 Å². The largest absolute Gasteiger partial charge is 0.497 e. The van der Waals surface area contributed by atoms with Crippen molar-refractivity contribution in [3.05, 3.63) is 88.6 Å². The average Bonchev–Trinajstić information content (AvgIpc) is 3.05. The number of rotatable bonds is 6. The lowest BCUT2D eigenvalue weighted by Gasteiger charge is -2.18. The van der Waals surface area contributed by atoms with Crippen LogP contribution in [0.5, 0.6) is 5.75 Å². The molecule has 33 heavy (non-hydrogen) atoms. The van der Waals surface area contributed by atoms with Gasteiger partial charge in [-0.15, -0.1) is 0 Å². The second kappa shape index (κ2) is 9.00. The Morgan fingerprint density at radius 1 is 0.909 bits per heavy atom. The van der Waals surface area contributed by atoms with Crippen LogP contribution in [0, 0.1) is 6.92 Å². The van der Waals surface area contributed by atoms with Crippen LogP contribution in [0.25, 0.3) is 5.57 Å². The number of amides is 2. The monoisotopic (exact) mass is 461 g/mol. The molecule has 1 heterocycles. The Balaban J connectivity index is 1.80. The van der Waals surface area contributed by atoms with Crippen LogP contribution in [-0.4, -0.2) is 33.0 Å². The molecule has 3 aromatic rings. The van der Waals surface area contributed by atoms with E-state index in [4.69, 9.17) is 16.3 Å². The number of imide groups is 1. The fourth-order valence-electron chi connectivity index (χ4n) is 3.70. The van der Waals surface area contributed by atoms with E-state index in [0.717, 1.165) is 11.3 Å². The summed E-state index contributed by atoms with van der Waals surface area (Å²) >= 11 is 6.19. The number of anilines is 3. The third kappa shape index (κ3) is 4.30. The third-order valence-electron chi connectivity index (χ3n) is 5.53. The molecule has 0 aromatic heterocycles. The van der Waals surface area contributed by atoms with Gasteiger partial charge >= 0.3 is 0 Å². The van der Waals surface area contributed by atoms with Gasteiger partial charge in [-0.1, -0.05) is 29.8 Å². The molecular weight excluding hydrogens is 438 g/mol. The highest BCUT2D eigenvalue weighted by atomic mass is 35.5. The molecular formula is C26H24ClN3O3. The fraction of sp³-hybridized carbons (Fsp3) is 0.154. The van der Waals surface area contributed by atoms with Crippen molar-refractivity contribution >= 4 is 46.1 Å². The Morgan fingerprint density at radius 3 is 2.18 bits per heavy atom. The molecule has 2 amide bonds. The molecule has 7 heteroatoms. The predicted octanol–water partition coefficient (Wildman–Crippen LogP) is 5.12. The lowest BCUT2D eigenvalue weighted by Crippen LogP contribution is -2.33. The van der Waals surface area contributed by atoms with Gasteiger partial charge in [-0.25, -0.2) is 4.90 Å². The van der Waals surface area contributed by atoms with E-state index in [-0.39, 0.29) is 5.70 Å². The first kappa shape index (κ1) is 22.4. The van der Waals surface area contributed by atoms with Crippen LogP contribution < -0.4 is 19.9 Å². The Hall–Kier alpha value is -3.77. The summed E-state index contributed by atoms with van der Waals surface area (Å²) < 4.78 is 5.24. The molecule has 0 saturated carbocycles. The van der Waals surface area contributed by atoms with Gasteiger partial charge in [0.25, 0.3) is 11.8 Å². The van der Waals surface area contributed by atoms with Crippen LogP contribution in [-0.2, 0) is 9.59 Å². The lowest BCUT2D eigenvalue weighted by atomic mass is 10.0. The zero-order valence-electron chi connectivity index (χ0n) is 18.8. The van der Waals surface area contributed by atoms with Crippen LogP contribution in [0.15, 0.2) is 72.4 Å². The van der Waals surface area contributed by atoms with Gasteiger partial charge in [0.1, 0.15) is 11.4 Å². The minimum Gasteiger partial charge on any atom is -0.497 e. The third-order valence-corrected chi connectivity index (χ3v) is 5.76. The maximum atomic E-state index is 13.6. The summed E-state index contributed by atoms with van der Waals surface area (Å²) in [5.41, 5.74) is 4.07. The molecule has 0 radical (unpaired) electrons. The maximum absolute atomic E-state index is 13.6. The van der Waals surface area contributed by atoms with Crippen molar-refractivity contribution in [3.8, 4) is 5.75 Å².